The first kappa shape index (κ1) is 15.5. The summed E-state index contributed by atoms with van der Waals surface area (Å²) in [4.78, 5) is 15.9. The predicted molar refractivity (Wildman–Crippen MR) is 76.1 cm³/mol. The smallest absolute Gasteiger partial charge is 0.307 e. The second-order valence-corrected chi connectivity index (χ2v) is 5.22. The fraction of sp³-hybridized carbons (Fsp3) is 0.143. The molecule has 0 bridgehead atoms. The molecule has 0 saturated heterocycles. The van der Waals surface area contributed by atoms with Crippen LogP contribution in [0.4, 0.5) is 19.0 Å². The molecule has 0 saturated carbocycles. The van der Waals surface area contributed by atoms with E-state index in [9.17, 15) is 18.0 Å². The van der Waals surface area contributed by atoms with E-state index in [1.165, 1.54) is 12.1 Å². The quantitative estimate of drug-likeness (QED) is 0.862. The molecule has 110 valence electrons. The molecule has 0 aliphatic carbocycles. The zero-order chi connectivity index (χ0) is 15.6. The molecule has 1 heterocycles. The van der Waals surface area contributed by atoms with Crippen LogP contribution >= 0.6 is 15.9 Å². The maximum absolute atomic E-state index is 12.8. The van der Waals surface area contributed by atoms with Crippen molar-refractivity contribution in [3.05, 3.63) is 57.7 Å². The number of alkyl halides is 3. The maximum Gasteiger partial charge on any atom is 0.417 e. The van der Waals surface area contributed by atoms with E-state index in [0.717, 1.165) is 11.6 Å². The lowest BCUT2D eigenvalue weighted by molar-refractivity contribution is -0.138. The van der Waals surface area contributed by atoms with Crippen molar-refractivity contribution in [2.45, 2.75) is 13.1 Å². The minimum Gasteiger partial charge on any atom is -0.307 e. The normalized spacial score (nSPS) is 11.3. The second kappa shape index (κ2) is 5.85. The van der Waals surface area contributed by atoms with Crippen molar-refractivity contribution in [3.63, 3.8) is 0 Å². The number of hydrogen-bond donors (Lipinski definition) is 1. The van der Waals surface area contributed by atoms with Gasteiger partial charge >= 0.3 is 6.18 Å². The van der Waals surface area contributed by atoms with Crippen LogP contribution in [0.2, 0.25) is 0 Å². The molecule has 0 aliphatic rings. The number of carbonyl (C=O) groups is 1. The van der Waals surface area contributed by atoms with Crippen LogP contribution in [0.3, 0.4) is 0 Å². The molecule has 0 atom stereocenters. The number of amides is 1. The number of pyridine rings is 1. The van der Waals surface area contributed by atoms with Crippen molar-refractivity contribution in [1.29, 1.82) is 0 Å². The molecule has 0 spiro atoms. The summed E-state index contributed by atoms with van der Waals surface area (Å²) in [5.41, 5.74) is -0.0732. The average molecular weight is 359 g/mol. The van der Waals surface area contributed by atoms with Gasteiger partial charge in [-0.2, -0.15) is 13.2 Å². The Kier molecular flexibility index (Phi) is 4.32. The van der Waals surface area contributed by atoms with E-state index in [4.69, 9.17) is 0 Å². The summed E-state index contributed by atoms with van der Waals surface area (Å²) >= 11 is 2.83. The molecular formula is C14H10BrF3N2O. The highest BCUT2D eigenvalue weighted by molar-refractivity contribution is 9.10. The summed E-state index contributed by atoms with van der Waals surface area (Å²) in [6, 6.07) is 6.62. The van der Waals surface area contributed by atoms with Gasteiger partial charge in [-0.25, -0.2) is 4.98 Å². The topological polar surface area (TPSA) is 42.0 Å². The number of nitrogens with zero attached hydrogens (tertiary/aromatic N) is 1. The first-order valence-corrected chi connectivity index (χ1v) is 6.67. The Bertz CT molecular complexity index is 669. The molecule has 0 aliphatic heterocycles. The highest BCUT2D eigenvalue weighted by Crippen LogP contribution is 2.35. The van der Waals surface area contributed by atoms with Gasteiger partial charge in [0, 0.05) is 16.2 Å². The first-order chi connectivity index (χ1) is 9.77. The van der Waals surface area contributed by atoms with Crippen molar-refractivity contribution in [2.24, 2.45) is 0 Å². The minimum absolute atomic E-state index is 0.0899. The van der Waals surface area contributed by atoms with Crippen LogP contribution in [-0.2, 0) is 6.18 Å². The number of benzene rings is 1. The molecule has 1 amide bonds. The van der Waals surface area contributed by atoms with Gasteiger partial charge in [0.05, 0.1) is 5.56 Å². The molecule has 2 aromatic rings. The van der Waals surface area contributed by atoms with Crippen LogP contribution in [0.15, 0.2) is 41.0 Å². The number of aromatic nitrogens is 1. The van der Waals surface area contributed by atoms with Crippen LogP contribution in [0.5, 0.6) is 0 Å². The zero-order valence-electron chi connectivity index (χ0n) is 10.8. The Balaban J connectivity index is 2.25. The fourth-order valence-corrected chi connectivity index (χ4v) is 2.09. The molecule has 3 nitrogen and oxygen atoms in total. The molecule has 1 aromatic carbocycles. The number of rotatable bonds is 2. The molecule has 0 radical (unpaired) electrons. The summed E-state index contributed by atoms with van der Waals surface area (Å²) in [6.45, 7) is 1.84. The molecule has 7 heteroatoms. The molecular weight excluding hydrogens is 349 g/mol. The number of aryl methyl sites for hydroxylation is 1. The highest BCUT2D eigenvalue weighted by atomic mass is 79.9. The van der Waals surface area contributed by atoms with E-state index in [1.807, 2.05) is 6.92 Å². The highest BCUT2D eigenvalue weighted by Gasteiger charge is 2.33. The van der Waals surface area contributed by atoms with Crippen LogP contribution in [0, 0.1) is 6.92 Å². The van der Waals surface area contributed by atoms with Gasteiger partial charge in [0.15, 0.2) is 0 Å². The lowest BCUT2D eigenvalue weighted by atomic mass is 10.1. The van der Waals surface area contributed by atoms with E-state index in [-0.39, 0.29) is 15.9 Å². The standard InChI is InChI=1S/C14H10BrF3N2O/c1-8-2-5-12(19-7-8)20-13(21)9-3-4-11(15)10(6-9)14(16,17)18/h2-7H,1H3,(H,19,20,21). The van der Waals surface area contributed by atoms with Crippen LogP contribution in [0.1, 0.15) is 21.5 Å². The van der Waals surface area contributed by atoms with Gasteiger partial charge in [-0.05, 0) is 36.8 Å². The molecule has 1 N–H and O–H groups in total. The van der Waals surface area contributed by atoms with Gasteiger partial charge in [0.1, 0.15) is 5.82 Å². The third kappa shape index (κ3) is 3.81. The Labute approximate surface area is 127 Å². The van der Waals surface area contributed by atoms with Gasteiger partial charge in [0.25, 0.3) is 5.91 Å². The Hall–Kier alpha value is -1.89. The van der Waals surface area contributed by atoms with Crippen molar-refractivity contribution in [1.82, 2.24) is 4.98 Å². The molecule has 21 heavy (non-hydrogen) atoms. The van der Waals surface area contributed by atoms with Crippen molar-refractivity contribution in [2.75, 3.05) is 5.32 Å². The summed E-state index contributed by atoms with van der Waals surface area (Å²) in [6.07, 6.45) is -2.98. The van der Waals surface area contributed by atoms with Crippen LogP contribution in [-0.4, -0.2) is 10.9 Å². The summed E-state index contributed by atoms with van der Waals surface area (Å²) in [5.74, 6) is -0.369. The molecule has 1 aromatic heterocycles. The average Bonchev–Trinajstić information content (AvgIpc) is 2.40. The third-order valence-electron chi connectivity index (χ3n) is 2.69. The number of anilines is 1. The van der Waals surface area contributed by atoms with Gasteiger partial charge in [-0.1, -0.05) is 22.0 Å². The Morgan fingerprint density at radius 3 is 2.52 bits per heavy atom. The van der Waals surface area contributed by atoms with Crippen LogP contribution < -0.4 is 5.32 Å². The first-order valence-electron chi connectivity index (χ1n) is 5.88. The van der Waals surface area contributed by atoms with Gasteiger partial charge in [-0.15, -0.1) is 0 Å². The molecule has 0 fully saturated rings. The molecule has 2 rings (SSSR count). The zero-order valence-corrected chi connectivity index (χ0v) is 12.4. The Morgan fingerprint density at radius 1 is 1.24 bits per heavy atom. The maximum atomic E-state index is 12.8. The van der Waals surface area contributed by atoms with Gasteiger partial charge in [0.2, 0.25) is 0 Å². The second-order valence-electron chi connectivity index (χ2n) is 4.37. The summed E-state index contributed by atoms with van der Waals surface area (Å²) < 4.78 is 38.3. The number of halogens is 4. The number of carbonyl (C=O) groups excluding carboxylic acids is 1. The van der Waals surface area contributed by atoms with Gasteiger partial charge < -0.3 is 5.32 Å². The van der Waals surface area contributed by atoms with Crippen molar-refractivity contribution < 1.29 is 18.0 Å². The lowest BCUT2D eigenvalue weighted by Crippen LogP contribution is -2.15. The predicted octanol–water partition coefficient (Wildman–Crippen LogP) is 4.42. The SMILES string of the molecule is Cc1ccc(NC(=O)c2ccc(Br)c(C(F)(F)F)c2)nc1. The molecule has 0 unspecified atom stereocenters. The third-order valence-corrected chi connectivity index (χ3v) is 3.38. The van der Waals surface area contributed by atoms with E-state index in [0.29, 0.717) is 0 Å². The van der Waals surface area contributed by atoms with E-state index < -0.39 is 17.6 Å². The largest absolute Gasteiger partial charge is 0.417 e. The Morgan fingerprint density at radius 2 is 1.95 bits per heavy atom. The van der Waals surface area contributed by atoms with Crippen molar-refractivity contribution in [3.8, 4) is 0 Å². The van der Waals surface area contributed by atoms with Crippen LogP contribution in [0.25, 0.3) is 0 Å². The van der Waals surface area contributed by atoms with E-state index >= 15 is 0 Å². The lowest BCUT2D eigenvalue weighted by Gasteiger charge is -2.11. The number of hydrogen-bond acceptors (Lipinski definition) is 2. The summed E-state index contributed by atoms with van der Waals surface area (Å²) in [5, 5.41) is 2.45. The van der Waals surface area contributed by atoms with E-state index in [2.05, 4.69) is 26.2 Å². The monoisotopic (exact) mass is 358 g/mol. The van der Waals surface area contributed by atoms with E-state index in [1.54, 1.807) is 18.3 Å². The fourth-order valence-electron chi connectivity index (χ4n) is 1.61. The number of nitrogens with one attached hydrogen (secondary N) is 1. The minimum atomic E-state index is -4.53. The van der Waals surface area contributed by atoms with Crippen molar-refractivity contribution >= 4 is 27.7 Å². The van der Waals surface area contributed by atoms with Gasteiger partial charge in [-0.3, -0.25) is 4.79 Å². The summed E-state index contributed by atoms with van der Waals surface area (Å²) in [7, 11) is 0.